The van der Waals surface area contributed by atoms with E-state index in [4.69, 9.17) is 0 Å². The van der Waals surface area contributed by atoms with Gasteiger partial charge in [-0.3, -0.25) is 9.59 Å². The number of Topliss-reactive ketones (excluding diaryl/α,β-unsaturated/α-hetero) is 1. The van der Waals surface area contributed by atoms with Crippen LogP contribution in [-0.4, -0.2) is 10.4 Å². The first-order valence-electron chi connectivity index (χ1n) is 6.59. The fourth-order valence-electron chi connectivity index (χ4n) is 1.98. The second-order valence-corrected chi connectivity index (χ2v) is 5.52. The Hall–Kier alpha value is -1.38. The van der Waals surface area contributed by atoms with Gasteiger partial charge in [0.05, 0.1) is 5.56 Å². The van der Waals surface area contributed by atoms with Crippen LogP contribution in [0.25, 0.3) is 0 Å². The summed E-state index contributed by atoms with van der Waals surface area (Å²) in [6, 6.07) is 3.56. The zero-order valence-corrected chi connectivity index (χ0v) is 12.0. The van der Waals surface area contributed by atoms with Gasteiger partial charge < -0.3 is 4.57 Å². The molecule has 1 aromatic heterocycles. The molecule has 1 rings (SSSR count). The van der Waals surface area contributed by atoms with E-state index in [0.29, 0.717) is 18.0 Å². The maximum Gasteiger partial charge on any atom is 0.261 e. The third-order valence-corrected chi connectivity index (χ3v) is 3.11. The fraction of sp³-hybridized carbons (Fsp3) is 0.600. The zero-order valence-electron chi connectivity index (χ0n) is 12.0. The lowest BCUT2D eigenvalue weighted by molar-refractivity contribution is 0.101. The van der Waals surface area contributed by atoms with Crippen molar-refractivity contribution in [3.8, 4) is 0 Å². The van der Waals surface area contributed by atoms with E-state index < -0.39 is 0 Å². The Morgan fingerprint density at radius 2 is 1.83 bits per heavy atom. The first-order valence-corrected chi connectivity index (χ1v) is 6.59. The molecular weight excluding hydrogens is 226 g/mol. The lowest BCUT2D eigenvalue weighted by atomic mass is 10.1. The Bertz CT molecular complexity index is 484. The van der Waals surface area contributed by atoms with Gasteiger partial charge >= 0.3 is 0 Å². The molecule has 0 aromatic carbocycles. The number of pyridine rings is 1. The summed E-state index contributed by atoms with van der Waals surface area (Å²) in [5, 5.41) is 0. The van der Waals surface area contributed by atoms with Crippen LogP contribution in [0.5, 0.6) is 0 Å². The molecule has 0 radical (unpaired) electrons. The van der Waals surface area contributed by atoms with E-state index in [-0.39, 0.29) is 17.3 Å². The van der Waals surface area contributed by atoms with Gasteiger partial charge in [0.15, 0.2) is 5.78 Å². The highest BCUT2D eigenvalue weighted by Gasteiger charge is 2.14. The van der Waals surface area contributed by atoms with E-state index in [1.807, 2.05) is 6.07 Å². The number of ketones is 1. The molecule has 18 heavy (non-hydrogen) atoms. The Kier molecular flexibility index (Phi) is 4.88. The average Bonchev–Trinajstić information content (AvgIpc) is 2.25. The fourth-order valence-corrected chi connectivity index (χ4v) is 1.98. The van der Waals surface area contributed by atoms with Crippen molar-refractivity contribution in [3.63, 3.8) is 0 Å². The van der Waals surface area contributed by atoms with Crippen LogP contribution >= 0.6 is 0 Å². The van der Waals surface area contributed by atoms with Crippen molar-refractivity contribution in [3.05, 3.63) is 33.7 Å². The molecule has 0 saturated carbocycles. The molecule has 0 saturated heterocycles. The van der Waals surface area contributed by atoms with Gasteiger partial charge in [0.2, 0.25) is 0 Å². The van der Waals surface area contributed by atoms with E-state index in [0.717, 1.165) is 12.1 Å². The third kappa shape index (κ3) is 3.31. The molecule has 1 heterocycles. The molecule has 0 unspecified atom stereocenters. The number of carbonyl (C=O) groups excluding carboxylic acids is 1. The summed E-state index contributed by atoms with van der Waals surface area (Å²) in [4.78, 5) is 23.7. The molecule has 0 aliphatic carbocycles. The van der Waals surface area contributed by atoms with E-state index >= 15 is 0 Å². The molecule has 0 amide bonds. The second-order valence-electron chi connectivity index (χ2n) is 5.52. The van der Waals surface area contributed by atoms with Crippen LogP contribution in [0, 0.1) is 5.92 Å². The molecule has 0 N–H and O–H groups in total. The van der Waals surface area contributed by atoms with Gasteiger partial charge in [0.1, 0.15) is 0 Å². The summed E-state index contributed by atoms with van der Waals surface area (Å²) in [6.45, 7) is 10.5. The molecule has 0 bridgehead atoms. The molecule has 1 aromatic rings. The number of hydrogen-bond donors (Lipinski definition) is 0. The predicted molar refractivity (Wildman–Crippen MR) is 74.3 cm³/mol. The maximum absolute atomic E-state index is 12.3. The van der Waals surface area contributed by atoms with Crippen molar-refractivity contribution < 1.29 is 4.79 Å². The van der Waals surface area contributed by atoms with Gasteiger partial charge in [0, 0.05) is 12.2 Å². The summed E-state index contributed by atoms with van der Waals surface area (Å²) < 4.78 is 1.77. The third-order valence-electron chi connectivity index (χ3n) is 3.11. The molecule has 3 heteroatoms. The molecule has 0 atom stereocenters. The van der Waals surface area contributed by atoms with Crippen molar-refractivity contribution in [2.45, 2.75) is 53.5 Å². The lowest BCUT2D eigenvalue weighted by Gasteiger charge is -2.17. The van der Waals surface area contributed by atoms with Crippen LogP contribution in [0.1, 0.15) is 63.0 Å². The minimum Gasteiger partial charge on any atom is -0.312 e. The number of rotatable bonds is 5. The second kappa shape index (κ2) is 5.98. The molecule has 0 aliphatic heterocycles. The molecule has 3 nitrogen and oxygen atoms in total. The van der Waals surface area contributed by atoms with Gasteiger partial charge in [-0.1, -0.05) is 27.7 Å². The number of nitrogens with zero attached hydrogens (tertiary/aromatic N) is 1. The minimum atomic E-state index is -0.159. The van der Waals surface area contributed by atoms with Gasteiger partial charge in [-0.15, -0.1) is 0 Å². The molecule has 0 spiro atoms. The van der Waals surface area contributed by atoms with E-state index in [9.17, 15) is 9.59 Å². The van der Waals surface area contributed by atoms with Gasteiger partial charge in [0.25, 0.3) is 5.56 Å². The van der Waals surface area contributed by atoms with Crippen molar-refractivity contribution in [1.29, 1.82) is 0 Å². The SMILES string of the molecule is CC(=O)c1ccc(C(C)C)n(CCC(C)C)c1=O. The van der Waals surface area contributed by atoms with Crippen molar-refractivity contribution in [2.75, 3.05) is 0 Å². The summed E-state index contributed by atoms with van der Waals surface area (Å²) in [5.74, 6) is 0.664. The van der Waals surface area contributed by atoms with Crippen molar-refractivity contribution in [1.82, 2.24) is 4.57 Å². The van der Waals surface area contributed by atoms with Gasteiger partial charge in [-0.2, -0.15) is 0 Å². The van der Waals surface area contributed by atoms with Crippen LogP contribution in [0.4, 0.5) is 0 Å². The highest BCUT2D eigenvalue weighted by molar-refractivity contribution is 5.93. The highest BCUT2D eigenvalue weighted by Crippen LogP contribution is 2.14. The van der Waals surface area contributed by atoms with Crippen LogP contribution in [0.3, 0.4) is 0 Å². The van der Waals surface area contributed by atoms with E-state index in [1.54, 1.807) is 10.6 Å². The monoisotopic (exact) mass is 249 g/mol. The summed E-state index contributed by atoms with van der Waals surface area (Å²) in [7, 11) is 0. The van der Waals surface area contributed by atoms with Gasteiger partial charge in [-0.05, 0) is 37.3 Å². The number of carbonyl (C=O) groups is 1. The quantitative estimate of drug-likeness (QED) is 0.752. The Balaban J connectivity index is 3.27. The Morgan fingerprint density at radius 1 is 1.22 bits per heavy atom. The maximum atomic E-state index is 12.3. The average molecular weight is 249 g/mol. The first-order chi connectivity index (χ1) is 8.34. The van der Waals surface area contributed by atoms with Crippen LogP contribution < -0.4 is 5.56 Å². The molecule has 100 valence electrons. The molecular formula is C15H23NO2. The number of hydrogen-bond acceptors (Lipinski definition) is 2. The summed E-state index contributed by atoms with van der Waals surface area (Å²) in [6.07, 6.45) is 0.945. The summed E-state index contributed by atoms with van der Waals surface area (Å²) in [5.41, 5.74) is 1.16. The van der Waals surface area contributed by atoms with Gasteiger partial charge in [-0.25, -0.2) is 0 Å². The normalized spacial score (nSPS) is 11.3. The topological polar surface area (TPSA) is 39.1 Å². The molecule has 0 aliphatic rings. The molecule has 0 fully saturated rings. The Morgan fingerprint density at radius 3 is 2.28 bits per heavy atom. The largest absolute Gasteiger partial charge is 0.312 e. The van der Waals surface area contributed by atoms with Crippen LogP contribution in [0.15, 0.2) is 16.9 Å². The van der Waals surface area contributed by atoms with Crippen molar-refractivity contribution in [2.24, 2.45) is 5.92 Å². The van der Waals surface area contributed by atoms with Crippen LogP contribution in [0.2, 0.25) is 0 Å². The van der Waals surface area contributed by atoms with E-state index in [1.165, 1.54) is 6.92 Å². The predicted octanol–water partition coefficient (Wildman–Crippen LogP) is 3.22. The Labute approximate surface area is 109 Å². The standard InChI is InChI=1S/C15H23NO2/c1-10(2)8-9-16-14(11(3)4)7-6-13(12(5)17)15(16)18/h6-7,10-11H,8-9H2,1-5H3. The smallest absolute Gasteiger partial charge is 0.261 e. The lowest BCUT2D eigenvalue weighted by Crippen LogP contribution is -2.29. The highest BCUT2D eigenvalue weighted by atomic mass is 16.1. The van der Waals surface area contributed by atoms with Crippen molar-refractivity contribution >= 4 is 5.78 Å². The van der Waals surface area contributed by atoms with Crippen LogP contribution in [-0.2, 0) is 6.54 Å². The zero-order chi connectivity index (χ0) is 13.9. The number of aromatic nitrogens is 1. The minimum absolute atomic E-state index is 0.144. The van der Waals surface area contributed by atoms with E-state index in [2.05, 4.69) is 27.7 Å². The summed E-state index contributed by atoms with van der Waals surface area (Å²) >= 11 is 0. The first kappa shape index (κ1) is 14.7.